The van der Waals surface area contributed by atoms with Crippen LogP contribution in [0.1, 0.15) is 46.6 Å². The van der Waals surface area contributed by atoms with Crippen molar-refractivity contribution in [1.29, 1.82) is 0 Å². The highest BCUT2D eigenvalue weighted by atomic mass is 35.5. The normalized spacial score (nSPS) is 11.1. The van der Waals surface area contributed by atoms with Crippen molar-refractivity contribution < 1.29 is 9.53 Å². The molecule has 1 N–H and O–H groups in total. The molecule has 0 bridgehead atoms. The summed E-state index contributed by atoms with van der Waals surface area (Å²) >= 11 is 6.26. The number of nitrogens with zero attached hydrogens (tertiary/aromatic N) is 2. The van der Waals surface area contributed by atoms with Gasteiger partial charge in [-0.3, -0.25) is 4.79 Å². The first-order valence-electron chi connectivity index (χ1n) is 12.2. The van der Waals surface area contributed by atoms with E-state index < -0.39 is 0 Å². The van der Waals surface area contributed by atoms with Crippen LogP contribution in [0.2, 0.25) is 5.02 Å². The molecule has 4 rings (SSSR count). The Kier molecular flexibility index (Phi) is 8.43. The van der Waals surface area contributed by atoms with Crippen LogP contribution in [0.3, 0.4) is 0 Å². The van der Waals surface area contributed by atoms with E-state index in [9.17, 15) is 4.79 Å². The molecule has 182 valence electrons. The lowest BCUT2D eigenvalue weighted by Crippen LogP contribution is -2.24. The molecule has 0 unspecified atom stereocenters. The molecular formula is C29H32ClN3O2. The van der Waals surface area contributed by atoms with Crippen LogP contribution in [0.25, 0.3) is 11.0 Å². The van der Waals surface area contributed by atoms with E-state index in [1.54, 1.807) is 0 Å². The molecule has 0 atom stereocenters. The Hall–Kier alpha value is -3.31. The van der Waals surface area contributed by atoms with Crippen molar-refractivity contribution in [3.63, 3.8) is 0 Å². The fraction of sp³-hybridized carbons (Fsp3) is 0.310. The zero-order chi connectivity index (χ0) is 24.6. The zero-order valence-corrected chi connectivity index (χ0v) is 21.1. The van der Waals surface area contributed by atoms with Gasteiger partial charge in [-0.15, -0.1) is 0 Å². The van der Waals surface area contributed by atoms with E-state index in [2.05, 4.69) is 28.1 Å². The Morgan fingerprint density at radius 2 is 1.69 bits per heavy atom. The molecule has 1 aromatic heterocycles. The average Bonchev–Trinajstić information content (AvgIpc) is 3.22. The third-order valence-electron chi connectivity index (χ3n) is 6.09. The van der Waals surface area contributed by atoms with Crippen LogP contribution in [0, 0.1) is 13.8 Å². The first kappa shape index (κ1) is 24.8. The quantitative estimate of drug-likeness (QED) is 0.244. The van der Waals surface area contributed by atoms with E-state index in [-0.39, 0.29) is 5.91 Å². The lowest BCUT2D eigenvalue weighted by molar-refractivity contribution is 0.0953. The van der Waals surface area contributed by atoms with Crippen LogP contribution in [0.15, 0.2) is 66.7 Å². The second kappa shape index (κ2) is 11.9. The summed E-state index contributed by atoms with van der Waals surface area (Å²) in [7, 11) is 0. The molecule has 0 saturated carbocycles. The maximum atomic E-state index is 12.3. The van der Waals surface area contributed by atoms with Crippen LogP contribution < -0.4 is 10.1 Å². The third kappa shape index (κ3) is 6.43. The first-order valence-corrected chi connectivity index (χ1v) is 12.6. The maximum absolute atomic E-state index is 12.3. The van der Waals surface area contributed by atoms with Crippen molar-refractivity contribution in [3.05, 3.63) is 94.3 Å². The second-order valence-electron chi connectivity index (χ2n) is 8.82. The molecule has 6 heteroatoms. The highest BCUT2D eigenvalue weighted by molar-refractivity contribution is 6.32. The number of aryl methyl sites for hydroxylation is 4. The van der Waals surface area contributed by atoms with E-state index >= 15 is 0 Å². The SMILES string of the molecule is Cc1cc(OCCCCn2c(CCCNC(=O)c3ccccc3)nc3ccccc32)cc(C)c1Cl. The number of aromatic nitrogens is 2. The minimum atomic E-state index is -0.0369. The molecule has 0 aliphatic rings. The number of carbonyl (C=O) groups is 1. The molecule has 0 fully saturated rings. The molecule has 0 spiro atoms. The molecule has 1 heterocycles. The van der Waals surface area contributed by atoms with E-state index in [4.69, 9.17) is 21.3 Å². The Bertz CT molecular complexity index is 1260. The van der Waals surface area contributed by atoms with Gasteiger partial charge in [-0.05, 0) is 80.6 Å². The molecular weight excluding hydrogens is 458 g/mol. The monoisotopic (exact) mass is 489 g/mol. The number of fused-ring (bicyclic) bond motifs is 1. The highest BCUT2D eigenvalue weighted by Gasteiger charge is 2.11. The van der Waals surface area contributed by atoms with Crippen molar-refractivity contribution in [2.24, 2.45) is 0 Å². The van der Waals surface area contributed by atoms with E-state index in [0.29, 0.717) is 18.7 Å². The summed E-state index contributed by atoms with van der Waals surface area (Å²) in [4.78, 5) is 17.1. The summed E-state index contributed by atoms with van der Waals surface area (Å²) in [6.07, 6.45) is 3.58. The zero-order valence-electron chi connectivity index (χ0n) is 20.4. The van der Waals surface area contributed by atoms with Crippen LogP contribution >= 0.6 is 11.6 Å². The number of unbranched alkanes of at least 4 members (excludes halogenated alkanes) is 1. The number of para-hydroxylation sites is 2. The van der Waals surface area contributed by atoms with Gasteiger partial charge < -0.3 is 14.6 Å². The van der Waals surface area contributed by atoms with Gasteiger partial charge in [-0.1, -0.05) is 41.9 Å². The minimum absolute atomic E-state index is 0.0369. The van der Waals surface area contributed by atoms with Crippen molar-refractivity contribution in [2.45, 2.75) is 46.1 Å². The van der Waals surface area contributed by atoms with Gasteiger partial charge >= 0.3 is 0 Å². The first-order chi connectivity index (χ1) is 17.0. The largest absolute Gasteiger partial charge is 0.494 e. The Labute approximate surface area is 212 Å². The Balaban J connectivity index is 1.29. The summed E-state index contributed by atoms with van der Waals surface area (Å²) in [5.74, 6) is 1.89. The molecule has 0 radical (unpaired) electrons. The average molecular weight is 490 g/mol. The number of hydrogen-bond acceptors (Lipinski definition) is 3. The number of imidazole rings is 1. The van der Waals surface area contributed by atoms with E-state index in [1.807, 2.05) is 62.4 Å². The smallest absolute Gasteiger partial charge is 0.251 e. The summed E-state index contributed by atoms with van der Waals surface area (Å²) in [6, 6.07) is 21.6. The van der Waals surface area contributed by atoms with Gasteiger partial charge in [0.05, 0.1) is 17.6 Å². The van der Waals surface area contributed by atoms with Crippen LogP contribution in [-0.2, 0) is 13.0 Å². The van der Waals surface area contributed by atoms with Crippen LogP contribution in [-0.4, -0.2) is 28.6 Å². The summed E-state index contributed by atoms with van der Waals surface area (Å²) < 4.78 is 8.28. The van der Waals surface area contributed by atoms with Gasteiger partial charge in [0.1, 0.15) is 11.6 Å². The van der Waals surface area contributed by atoms with Gasteiger partial charge in [0.25, 0.3) is 5.91 Å². The van der Waals surface area contributed by atoms with Gasteiger partial charge in [0, 0.05) is 30.1 Å². The van der Waals surface area contributed by atoms with Crippen molar-refractivity contribution in [2.75, 3.05) is 13.2 Å². The fourth-order valence-corrected chi connectivity index (χ4v) is 4.37. The second-order valence-corrected chi connectivity index (χ2v) is 9.20. The number of ether oxygens (including phenoxy) is 1. The van der Waals surface area contributed by atoms with Crippen LogP contribution in [0.5, 0.6) is 5.75 Å². The predicted octanol–water partition coefficient (Wildman–Crippen LogP) is 6.53. The molecule has 35 heavy (non-hydrogen) atoms. The number of amides is 1. The Morgan fingerprint density at radius 3 is 2.46 bits per heavy atom. The molecule has 4 aromatic rings. The molecule has 1 amide bonds. The van der Waals surface area contributed by atoms with Crippen molar-refractivity contribution in [3.8, 4) is 5.75 Å². The summed E-state index contributed by atoms with van der Waals surface area (Å²) in [5.41, 5.74) is 4.93. The van der Waals surface area contributed by atoms with E-state index in [1.165, 1.54) is 0 Å². The molecule has 3 aromatic carbocycles. The van der Waals surface area contributed by atoms with Crippen molar-refractivity contribution in [1.82, 2.24) is 14.9 Å². The lowest BCUT2D eigenvalue weighted by atomic mass is 10.1. The maximum Gasteiger partial charge on any atom is 0.251 e. The molecule has 0 aliphatic heterocycles. The van der Waals surface area contributed by atoms with Crippen molar-refractivity contribution >= 4 is 28.5 Å². The number of halogens is 1. The molecule has 5 nitrogen and oxygen atoms in total. The lowest BCUT2D eigenvalue weighted by Gasteiger charge is -2.12. The van der Waals surface area contributed by atoms with Gasteiger partial charge in [-0.2, -0.15) is 0 Å². The van der Waals surface area contributed by atoms with Gasteiger partial charge in [0.15, 0.2) is 0 Å². The number of hydrogen-bond donors (Lipinski definition) is 1. The number of rotatable bonds is 11. The number of nitrogens with one attached hydrogen (secondary N) is 1. The molecule has 0 saturated heterocycles. The summed E-state index contributed by atoms with van der Waals surface area (Å²) in [6.45, 7) is 6.16. The fourth-order valence-electron chi connectivity index (χ4n) is 4.26. The van der Waals surface area contributed by atoms with Crippen LogP contribution in [0.4, 0.5) is 0 Å². The van der Waals surface area contributed by atoms with Gasteiger partial charge in [0.2, 0.25) is 0 Å². The highest BCUT2D eigenvalue weighted by Crippen LogP contribution is 2.26. The Morgan fingerprint density at radius 1 is 0.971 bits per heavy atom. The summed E-state index contributed by atoms with van der Waals surface area (Å²) in [5, 5.41) is 3.81. The predicted molar refractivity (Wildman–Crippen MR) is 142 cm³/mol. The third-order valence-corrected chi connectivity index (χ3v) is 6.68. The van der Waals surface area contributed by atoms with E-state index in [0.717, 1.165) is 71.0 Å². The topological polar surface area (TPSA) is 56.1 Å². The number of carbonyl (C=O) groups excluding carboxylic acids is 1. The number of benzene rings is 3. The standard InChI is InChI=1S/C29H32ClN3O2/c1-21-19-24(20-22(2)28(21)30)35-18-9-8-17-33-26-14-7-6-13-25(26)32-27(33)15-10-16-31-29(34)23-11-4-3-5-12-23/h3-7,11-14,19-20H,8-10,15-18H2,1-2H3,(H,31,34). The van der Waals surface area contributed by atoms with Gasteiger partial charge in [-0.25, -0.2) is 4.98 Å². The molecule has 0 aliphatic carbocycles. The minimum Gasteiger partial charge on any atom is -0.494 e.